The number of ether oxygens (including phenoxy) is 1. The van der Waals surface area contributed by atoms with Gasteiger partial charge in [0, 0.05) is 12.5 Å². The predicted octanol–water partition coefficient (Wildman–Crippen LogP) is 3.78. The summed E-state index contributed by atoms with van der Waals surface area (Å²) in [7, 11) is 1.66. The molecule has 4 heteroatoms. The monoisotopic (exact) mass is 290 g/mol. The first kappa shape index (κ1) is 15.8. The van der Waals surface area contributed by atoms with Gasteiger partial charge in [-0.05, 0) is 42.9 Å². The number of aryl methyl sites for hydroxylation is 1. The molecule has 1 unspecified atom stereocenters. The first-order chi connectivity index (χ1) is 9.94. The Labute approximate surface area is 126 Å². The summed E-state index contributed by atoms with van der Waals surface area (Å²) in [5, 5.41) is 0. The maximum absolute atomic E-state index is 5.81. The van der Waals surface area contributed by atoms with Gasteiger partial charge in [-0.1, -0.05) is 20.8 Å². The molecule has 1 heterocycles. The first-order valence-electron chi connectivity index (χ1n) is 7.57. The number of rotatable bonds is 6. The summed E-state index contributed by atoms with van der Waals surface area (Å²) in [6.07, 6.45) is 2.93. The molecule has 0 bridgehead atoms. The minimum atomic E-state index is 0.259. The lowest BCUT2D eigenvalue weighted by molar-refractivity contribution is 0.211. The summed E-state index contributed by atoms with van der Waals surface area (Å²) in [6.45, 7) is 7.53. The van der Waals surface area contributed by atoms with E-state index in [9.17, 15) is 0 Å². The highest BCUT2D eigenvalue weighted by molar-refractivity contribution is 5.74. The molecule has 0 radical (unpaired) electrons. The average Bonchev–Trinajstić information content (AvgIpc) is 2.83. The van der Waals surface area contributed by atoms with Crippen LogP contribution in [0.25, 0.3) is 11.1 Å². The molecule has 21 heavy (non-hydrogen) atoms. The van der Waals surface area contributed by atoms with Gasteiger partial charge in [0.25, 0.3) is 0 Å². The summed E-state index contributed by atoms with van der Waals surface area (Å²) < 4.78 is 11.0. The number of hydrogen-bond acceptors (Lipinski definition) is 4. The summed E-state index contributed by atoms with van der Waals surface area (Å²) in [5.74, 6) is 2.18. The Morgan fingerprint density at radius 1 is 1.29 bits per heavy atom. The molecule has 2 aromatic rings. The van der Waals surface area contributed by atoms with E-state index in [4.69, 9.17) is 14.9 Å². The Kier molecular flexibility index (Phi) is 4.88. The molecule has 1 aromatic carbocycles. The van der Waals surface area contributed by atoms with Crippen molar-refractivity contribution in [3.63, 3.8) is 0 Å². The molecule has 2 rings (SSSR count). The van der Waals surface area contributed by atoms with Crippen LogP contribution in [0, 0.1) is 11.3 Å². The zero-order chi connectivity index (χ0) is 15.5. The molecule has 0 spiro atoms. The van der Waals surface area contributed by atoms with E-state index in [-0.39, 0.29) is 5.41 Å². The number of nitrogens with two attached hydrogens (primary N) is 1. The van der Waals surface area contributed by atoms with Gasteiger partial charge in [0.1, 0.15) is 11.3 Å². The second-order valence-corrected chi connectivity index (χ2v) is 6.62. The molecule has 0 saturated heterocycles. The number of hydrogen-bond donors (Lipinski definition) is 1. The van der Waals surface area contributed by atoms with Gasteiger partial charge in [0.2, 0.25) is 0 Å². The van der Waals surface area contributed by atoms with Crippen LogP contribution in [-0.2, 0) is 6.42 Å². The van der Waals surface area contributed by atoms with Gasteiger partial charge in [-0.25, -0.2) is 4.98 Å². The van der Waals surface area contributed by atoms with Crippen LogP contribution in [0.5, 0.6) is 5.75 Å². The molecule has 1 atom stereocenters. The third-order valence-corrected chi connectivity index (χ3v) is 4.09. The largest absolute Gasteiger partial charge is 0.497 e. The van der Waals surface area contributed by atoms with E-state index < -0.39 is 0 Å². The Morgan fingerprint density at radius 2 is 2.05 bits per heavy atom. The van der Waals surface area contributed by atoms with Crippen LogP contribution in [0.3, 0.4) is 0 Å². The van der Waals surface area contributed by atoms with E-state index in [1.165, 1.54) is 0 Å². The number of aromatic nitrogens is 1. The van der Waals surface area contributed by atoms with Gasteiger partial charge < -0.3 is 14.9 Å². The summed E-state index contributed by atoms with van der Waals surface area (Å²) in [5.41, 5.74) is 7.67. The normalized spacial score (nSPS) is 13.6. The fourth-order valence-corrected chi connectivity index (χ4v) is 2.70. The summed E-state index contributed by atoms with van der Waals surface area (Å²) in [6, 6.07) is 5.71. The molecule has 0 amide bonds. The maximum atomic E-state index is 5.81. The van der Waals surface area contributed by atoms with Crippen molar-refractivity contribution >= 4 is 11.1 Å². The molecular weight excluding hydrogens is 264 g/mol. The molecular formula is C17H26N2O2. The lowest BCUT2D eigenvalue weighted by atomic mass is 9.76. The highest BCUT2D eigenvalue weighted by Crippen LogP contribution is 2.32. The van der Waals surface area contributed by atoms with E-state index in [1.807, 2.05) is 18.2 Å². The van der Waals surface area contributed by atoms with Crippen molar-refractivity contribution in [2.75, 3.05) is 13.7 Å². The minimum absolute atomic E-state index is 0.259. The van der Waals surface area contributed by atoms with Crippen LogP contribution >= 0.6 is 0 Å². The van der Waals surface area contributed by atoms with Gasteiger partial charge in [0.05, 0.1) is 7.11 Å². The fourth-order valence-electron chi connectivity index (χ4n) is 2.70. The van der Waals surface area contributed by atoms with Crippen LogP contribution in [0.4, 0.5) is 0 Å². The topological polar surface area (TPSA) is 61.3 Å². The number of benzene rings is 1. The first-order valence-corrected chi connectivity index (χ1v) is 7.57. The van der Waals surface area contributed by atoms with E-state index >= 15 is 0 Å². The van der Waals surface area contributed by atoms with Crippen LogP contribution in [0.1, 0.15) is 39.5 Å². The highest BCUT2D eigenvalue weighted by Gasteiger charge is 2.24. The van der Waals surface area contributed by atoms with Gasteiger partial charge in [-0.2, -0.15) is 0 Å². The molecule has 1 aromatic heterocycles. The summed E-state index contributed by atoms with van der Waals surface area (Å²) >= 11 is 0. The van der Waals surface area contributed by atoms with Crippen molar-refractivity contribution in [1.82, 2.24) is 4.98 Å². The Bertz CT molecular complexity index is 584. The van der Waals surface area contributed by atoms with Crippen LogP contribution in [0.2, 0.25) is 0 Å². The second-order valence-electron chi connectivity index (χ2n) is 6.62. The Morgan fingerprint density at radius 3 is 2.67 bits per heavy atom. The van der Waals surface area contributed by atoms with Crippen molar-refractivity contribution in [1.29, 1.82) is 0 Å². The van der Waals surface area contributed by atoms with E-state index in [2.05, 4.69) is 25.8 Å². The minimum Gasteiger partial charge on any atom is -0.497 e. The zero-order valence-electron chi connectivity index (χ0n) is 13.5. The van der Waals surface area contributed by atoms with Crippen LogP contribution in [-0.4, -0.2) is 18.6 Å². The quantitative estimate of drug-likeness (QED) is 0.879. The molecule has 0 saturated carbocycles. The predicted molar refractivity (Wildman–Crippen MR) is 85.5 cm³/mol. The average molecular weight is 290 g/mol. The molecule has 116 valence electrons. The van der Waals surface area contributed by atoms with E-state index in [1.54, 1.807) is 7.11 Å². The SMILES string of the molecule is COc1ccc2oc(CCC(CCN)C(C)(C)C)nc2c1. The molecule has 0 aliphatic carbocycles. The molecule has 0 fully saturated rings. The third-order valence-electron chi connectivity index (χ3n) is 4.09. The van der Waals surface area contributed by atoms with E-state index in [0.717, 1.165) is 48.5 Å². The van der Waals surface area contributed by atoms with Crippen molar-refractivity contribution in [3.8, 4) is 5.75 Å². The molecule has 2 N–H and O–H groups in total. The third kappa shape index (κ3) is 3.97. The van der Waals surface area contributed by atoms with E-state index in [0.29, 0.717) is 5.92 Å². The van der Waals surface area contributed by atoms with Crippen LogP contribution < -0.4 is 10.5 Å². The Balaban J connectivity index is 2.08. The number of oxazole rings is 1. The van der Waals surface area contributed by atoms with Gasteiger partial charge >= 0.3 is 0 Å². The standard InChI is InChI=1S/C17H26N2O2/c1-17(2,3)12(9-10-18)5-8-16-19-14-11-13(20-4)6-7-15(14)21-16/h6-7,11-12H,5,8-10,18H2,1-4H3. The maximum Gasteiger partial charge on any atom is 0.195 e. The molecule has 0 aliphatic heterocycles. The lowest BCUT2D eigenvalue weighted by Gasteiger charge is -2.30. The van der Waals surface area contributed by atoms with Crippen molar-refractivity contribution in [2.45, 2.75) is 40.0 Å². The second kappa shape index (κ2) is 6.48. The number of fused-ring (bicyclic) bond motifs is 1. The fraction of sp³-hybridized carbons (Fsp3) is 0.588. The number of methoxy groups -OCH3 is 1. The van der Waals surface area contributed by atoms with Crippen molar-refractivity contribution < 1.29 is 9.15 Å². The van der Waals surface area contributed by atoms with Crippen molar-refractivity contribution in [3.05, 3.63) is 24.1 Å². The van der Waals surface area contributed by atoms with Crippen molar-refractivity contribution in [2.24, 2.45) is 17.1 Å². The van der Waals surface area contributed by atoms with Crippen LogP contribution in [0.15, 0.2) is 22.6 Å². The highest BCUT2D eigenvalue weighted by atomic mass is 16.5. The van der Waals surface area contributed by atoms with Gasteiger partial charge in [-0.15, -0.1) is 0 Å². The lowest BCUT2D eigenvalue weighted by Crippen LogP contribution is -2.24. The molecule has 0 aliphatic rings. The smallest absolute Gasteiger partial charge is 0.195 e. The molecule has 4 nitrogen and oxygen atoms in total. The number of nitrogens with zero attached hydrogens (tertiary/aromatic N) is 1. The Hall–Kier alpha value is -1.55. The summed E-state index contributed by atoms with van der Waals surface area (Å²) in [4.78, 5) is 4.56. The van der Waals surface area contributed by atoms with Gasteiger partial charge in [-0.3, -0.25) is 0 Å². The zero-order valence-corrected chi connectivity index (χ0v) is 13.5. The van der Waals surface area contributed by atoms with Gasteiger partial charge in [0.15, 0.2) is 11.5 Å².